The zero-order chi connectivity index (χ0) is 29.6. The first kappa shape index (κ1) is 28.1. The normalized spacial score (nSPS) is 16.6. The largest absolute Gasteiger partial charge is 0.481 e. The van der Waals surface area contributed by atoms with Gasteiger partial charge in [0, 0.05) is 57.3 Å². The second-order valence-corrected chi connectivity index (χ2v) is 10.8. The predicted octanol–water partition coefficient (Wildman–Crippen LogP) is 6.99. The Morgan fingerprint density at radius 1 is 0.976 bits per heavy atom. The number of rotatable bonds is 6. The fourth-order valence-corrected chi connectivity index (χ4v) is 6.12. The number of aromatic amines is 2. The summed E-state index contributed by atoms with van der Waals surface area (Å²) < 4.78 is 5.15. The maximum atomic E-state index is 13.0. The first-order valence-corrected chi connectivity index (χ1v) is 14.0. The summed E-state index contributed by atoms with van der Waals surface area (Å²) in [5.74, 6) is -1.52. The van der Waals surface area contributed by atoms with Crippen LogP contribution in [0.4, 0.5) is 0 Å². The van der Waals surface area contributed by atoms with Crippen LogP contribution < -0.4 is 0 Å². The van der Waals surface area contributed by atoms with E-state index in [0.29, 0.717) is 29.1 Å². The summed E-state index contributed by atoms with van der Waals surface area (Å²) in [6.07, 6.45) is 3.11. The molecule has 0 spiro atoms. The lowest BCUT2D eigenvalue weighted by Gasteiger charge is -2.14. The number of carbonyl (C=O) groups excluding carboxylic acids is 1. The van der Waals surface area contributed by atoms with Gasteiger partial charge in [0.2, 0.25) is 0 Å². The number of aromatic nitrogens is 4. The van der Waals surface area contributed by atoms with Crippen LogP contribution in [0.2, 0.25) is 0 Å². The fourth-order valence-electron chi connectivity index (χ4n) is 6.12. The third-order valence-electron chi connectivity index (χ3n) is 8.55. The van der Waals surface area contributed by atoms with Crippen molar-refractivity contribution < 1.29 is 19.4 Å². The van der Waals surface area contributed by atoms with Crippen LogP contribution in [-0.2, 0) is 20.7 Å². The van der Waals surface area contributed by atoms with E-state index in [1.807, 2.05) is 31.2 Å². The van der Waals surface area contributed by atoms with Crippen molar-refractivity contribution in [1.29, 1.82) is 0 Å². The number of allylic oxidation sites excluding steroid dienone is 1. The second-order valence-electron chi connectivity index (χ2n) is 10.8. The van der Waals surface area contributed by atoms with Gasteiger partial charge in [0.1, 0.15) is 0 Å². The average molecular weight is 553 g/mol. The average Bonchev–Trinajstić information content (AvgIpc) is 3.60. The number of methoxy groups -OCH3 is 1. The number of carboxylic acids is 1. The molecule has 0 unspecified atom stereocenters. The molecule has 8 nitrogen and oxygen atoms in total. The number of nitrogens with zero attached hydrogens (tertiary/aromatic N) is 2. The molecule has 3 N–H and O–H groups in total. The molecule has 0 aliphatic carbocycles. The number of aryl methyl sites for hydroxylation is 3. The quantitative estimate of drug-likeness (QED) is 0.283. The number of ether oxygens (including phenoxy) is 1. The molecule has 0 fully saturated rings. The predicted molar refractivity (Wildman–Crippen MR) is 162 cm³/mol. The summed E-state index contributed by atoms with van der Waals surface area (Å²) in [7, 11) is 1.36. The lowest BCUT2D eigenvalue weighted by Crippen LogP contribution is -2.07. The number of carbonyl (C=O) groups is 2. The van der Waals surface area contributed by atoms with Crippen LogP contribution in [0, 0.1) is 13.8 Å². The Kier molecular flexibility index (Phi) is 7.43. The zero-order valence-electron chi connectivity index (χ0n) is 24.4. The van der Waals surface area contributed by atoms with Crippen LogP contribution in [0.3, 0.4) is 0 Å². The molecule has 0 radical (unpaired) electrons. The molecular weight excluding hydrogens is 516 g/mol. The van der Waals surface area contributed by atoms with Crippen molar-refractivity contribution in [3.63, 3.8) is 0 Å². The monoisotopic (exact) mass is 552 g/mol. The molecule has 5 heterocycles. The van der Waals surface area contributed by atoms with Crippen molar-refractivity contribution in [2.24, 2.45) is 0 Å². The van der Waals surface area contributed by atoms with Crippen molar-refractivity contribution in [2.75, 3.05) is 7.11 Å². The number of H-pyrrole nitrogens is 2. The van der Waals surface area contributed by atoms with Gasteiger partial charge in [0.25, 0.3) is 0 Å². The Morgan fingerprint density at radius 3 is 2.34 bits per heavy atom. The molecule has 2 atom stereocenters. The molecule has 0 aromatic carbocycles. The molecule has 41 heavy (non-hydrogen) atoms. The number of hydrogen-bond donors (Lipinski definition) is 3. The Balaban J connectivity index is 1.94. The Hall–Kier alpha value is -4.46. The standard InChI is InChI=1S/C33H36N4O4/c1-8-20-16(3)23-12-24-18(5)22(10-11-31(38)39)29(36-24)15-30-32(33(40)41-7)19(6)26(37-30)14-28-21(9-2)17(4)25(35-28)13-27(20)34-23/h8,12-15,18,22,34-35H,1,9-11H2,2-7H3,(H,38,39)/t18-,22-/m0/s1. The van der Waals surface area contributed by atoms with Crippen LogP contribution in [0.15, 0.2) is 30.8 Å². The highest BCUT2D eigenvalue weighted by molar-refractivity contribution is 6.24. The Bertz CT molecular complexity index is 1790. The van der Waals surface area contributed by atoms with Gasteiger partial charge in [-0.05, 0) is 80.1 Å². The van der Waals surface area contributed by atoms with Crippen molar-refractivity contribution in [3.8, 4) is 0 Å². The lowest BCUT2D eigenvalue weighted by atomic mass is 9.87. The van der Waals surface area contributed by atoms with Crippen molar-refractivity contribution in [2.45, 2.75) is 65.7 Å². The summed E-state index contributed by atoms with van der Waals surface area (Å²) in [5.41, 5.74) is 12.0. The van der Waals surface area contributed by atoms with E-state index in [1.165, 1.54) is 12.7 Å². The maximum absolute atomic E-state index is 13.0. The highest BCUT2D eigenvalue weighted by Crippen LogP contribution is 2.41. The molecule has 0 saturated carbocycles. The molecule has 8 heteroatoms. The number of fused-ring (bicyclic) bond motifs is 8. The van der Waals surface area contributed by atoms with Gasteiger partial charge < -0.3 is 19.8 Å². The summed E-state index contributed by atoms with van der Waals surface area (Å²) in [6, 6.07) is 7.96. The van der Waals surface area contributed by atoms with E-state index in [0.717, 1.165) is 56.4 Å². The molecule has 212 valence electrons. The molecule has 3 aromatic heterocycles. The topological polar surface area (TPSA) is 121 Å². The molecule has 2 aliphatic rings. The Morgan fingerprint density at radius 2 is 1.68 bits per heavy atom. The highest BCUT2D eigenvalue weighted by atomic mass is 16.5. The minimum atomic E-state index is -0.857. The van der Waals surface area contributed by atoms with Gasteiger partial charge >= 0.3 is 11.9 Å². The van der Waals surface area contributed by atoms with Gasteiger partial charge in [-0.15, -0.1) is 0 Å². The lowest BCUT2D eigenvalue weighted by molar-refractivity contribution is -0.137. The molecule has 3 aromatic rings. The summed E-state index contributed by atoms with van der Waals surface area (Å²) in [6.45, 7) is 14.3. The highest BCUT2D eigenvalue weighted by Gasteiger charge is 2.31. The van der Waals surface area contributed by atoms with E-state index in [1.54, 1.807) is 0 Å². The molecule has 5 rings (SSSR count). The van der Waals surface area contributed by atoms with E-state index >= 15 is 0 Å². The van der Waals surface area contributed by atoms with Crippen molar-refractivity contribution >= 4 is 51.2 Å². The minimum Gasteiger partial charge on any atom is -0.481 e. The van der Waals surface area contributed by atoms with Crippen LogP contribution in [0.5, 0.6) is 0 Å². The Labute approximate surface area is 239 Å². The van der Waals surface area contributed by atoms with E-state index in [-0.39, 0.29) is 18.3 Å². The molecule has 2 aliphatic heterocycles. The summed E-state index contributed by atoms with van der Waals surface area (Å²) in [4.78, 5) is 41.5. The maximum Gasteiger partial charge on any atom is 0.340 e. The van der Waals surface area contributed by atoms with Gasteiger partial charge in [-0.25, -0.2) is 9.78 Å². The number of hydrogen-bond acceptors (Lipinski definition) is 5. The van der Waals surface area contributed by atoms with Gasteiger partial charge in [-0.2, -0.15) is 0 Å². The smallest absolute Gasteiger partial charge is 0.340 e. The van der Waals surface area contributed by atoms with Crippen LogP contribution in [0.1, 0.15) is 90.5 Å². The van der Waals surface area contributed by atoms with Crippen LogP contribution in [-0.4, -0.2) is 44.1 Å². The first-order chi connectivity index (χ1) is 19.6. The summed E-state index contributed by atoms with van der Waals surface area (Å²) in [5, 5.41) is 9.45. The molecular formula is C33H36N4O4. The van der Waals surface area contributed by atoms with E-state index in [9.17, 15) is 14.7 Å². The van der Waals surface area contributed by atoms with Gasteiger partial charge in [0.15, 0.2) is 0 Å². The fraction of sp³-hybridized carbons (Fsp3) is 0.333. The van der Waals surface area contributed by atoms with E-state index in [2.05, 4.69) is 50.3 Å². The SMILES string of the molecule is C=Cc1c(C)c2cc3nc(cc4nc(cc5[nH]c(cc1[nH]2)c(C)c5CC)C(C)=C4C(=O)OC)[C@@H](CCC(=O)O)[C@@H]3C. The summed E-state index contributed by atoms with van der Waals surface area (Å²) >= 11 is 0. The van der Waals surface area contributed by atoms with Gasteiger partial charge in [0.05, 0.1) is 24.1 Å². The minimum absolute atomic E-state index is 0.0147. The second kappa shape index (κ2) is 10.8. The molecule has 0 amide bonds. The third kappa shape index (κ3) is 4.88. The number of carboxylic acid groups (broad SMARTS) is 1. The zero-order valence-corrected chi connectivity index (χ0v) is 24.4. The first-order valence-electron chi connectivity index (χ1n) is 14.0. The van der Waals surface area contributed by atoms with E-state index in [4.69, 9.17) is 14.7 Å². The van der Waals surface area contributed by atoms with Gasteiger partial charge in [-0.3, -0.25) is 9.78 Å². The van der Waals surface area contributed by atoms with Gasteiger partial charge in [-0.1, -0.05) is 26.5 Å². The van der Waals surface area contributed by atoms with Crippen LogP contribution >= 0.6 is 0 Å². The van der Waals surface area contributed by atoms with E-state index < -0.39 is 11.9 Å². The number of nitrogens with one attached hydrogen (secondary N) is 2. The molecule has 0 saturated heterocycles. The third-order valence-corrected chi connectivity index (χ3v) is 8.55. The number of aliphatic carboxylic acids is 1. The molecule has 8 bridgehead atoms. The van der Waals surface area contributed by atoms with Crippen molar-refractivity contribution in [1.82, 2.24) is 19.9 Å². The van der Waals surface area contributed by atoms with Crippen LogP contribution in [0.25, 0.3) is 39.3 Å². The number of esters is 1. The van der Waals surface area contributed by atoms with Crippen molar-refractivity contribution in [3.05, 3.63) is 75.9 Å².